The molecular weight excluding hydrogens is 138 g/mol. The summed E-state index contributed by atoms with van der Waals surface area (Å²) in [5.74, 6) is 0. The van der Waals surface area contributed by atoms with Crippen molar-refractivity contribution in [1.29, 1.82) is 4.78 Å². The van der Waals surface area contributed by atoms with E-state index in [1.165, 1.54) is 6.33 Å². The maximum Gasteiger partial charge on any atom is 0.115 e. The Labute approximate surface area is 56.0 Å². The van der Waals surface area contributed by atoms with Crippen molar-refractivity contribution in [2.45, 2.75) is 0 Å². The van der Waals surface area contributed by atoms with Gasteiger partial charge in [0.05, 0.1) is 0 Å². The number of nitrogens with one attached hydrogen (secondary N) is 1. The van der Waals surface area contributed by atoms with Gasteiger partial charge in [0.25, 0.3) is 0 Å². The van der Waals surface area contributed by atoms with E-state index in [9.17, 15) is 0 Å². The van der Waals surface area contributed by atoms with Crippen LogP contribution in [-0.4, -0.2) is 14.2 Å². The Morgan fingerprint density at radius 1 is 1.33 bits per heavy atom. The molecule has 4 nitrogen and oxygen atoms in total. The van der Waals surface area contributed by atoms with E-state index in [-0.39, 0.29) is 0 Å². The highest BCUT2D eigenvalue weighted by Gasteiger charge is 1.59. The molecule has 1 aromatic heterocycles. The second-order valence-corrected chi connectivity index (χ2v) is 1.21. The van der Waals surface area contributed by atoms with Crippen molar-refractivity contribution in [3.63, 3.8) is 0 Å². The largest absolute Gasteiger partial charge is 0.258 e. The van der Waals surface area contributed by atoms with Gasteiger partial charge in [0.1, 0.15) is 6.33 Å². The SMILES string of the molecule is N=[SH2]=O.c1cncnc1. The van der Waals surface area contributed by atoms with E-state index in [1.54, 1.807) is 18.5 Å². The number of hydrogen-bond donors (Lipinski definition) is 1. The number of hydrogen-bond acceptors (Lipinski definition) is 4. The lowest BCUT2D eigenvalue weighted by Gasteiger charge is -1.70. The van der Waals surface area contributed by atoms with Gasteiger partial charge in [-0.05, 0) is 6.07 Å². The minimum absolute atomic E-state index is 0.917. The van der Waals surface area contributed by atoms with Crippen LogP contribution in [0.25, 0.3) is 0 Å². The molecule has 0 unspecified atom stereocenters. The van der Waals surface area contributed by atoms with Crippen LogP contribution in [0.5, 0.6) is 0 Å². The predicted molar refractivity (Wildman–Crippen MR) is 35.7 cm³/mol. The maximum atomic E-state index is 8.62. The zero-order chi connectivity index (χ0) is 6.95. The van der Waals surface area contributed by atoms with E-state index >= 15 is 0 Å². The summed E-state index contributed by atoms with van der Waals surface area (Å²) in [7, 11) is 0. The van der Waals surface area contributed by atoms with Gasteiger partial charge < -0.3 is 0 Å². The summed E-state index contributed by atoms with van der Waals surface area (Å²) in [5.41, 5.74) is 0. The summed E-state index contributed by atoms with van der Waals surface area (Å²) in [5, 5.41) is 0. The molecular formula is C4H7N3OS. The van der Waals surface area contributed by atoms with Crippen molar-refractivity contribution in [1.82, 2.24) is 9.97 Å². The van der Waals surface area contributed by atoms with Crippen LogP contribution in [0.1, 0.15) is 0 Å². The molecule has 0 aliphatic carbocycles. The van der Waals surface area contributed by atoms with Crippen molar-refractivity contribution in [3.05, 3.63) is 24.8 Å². The average Bonchev–Trinajstić information content (AvgIpc) is 1.93. The Hall–Kier alpha value is -0.970. The van der Waals surface area contributed by atoms with Crippen LogP contribution < -0.4 is 0 Å². The van der Waals surface area contributed by atoms with Crippen molar-refractivity contribution < 1.29 is 4.21 Å². The molecule has 0 aliphatic rings. The van der Waals surface area contributed by atoms with Crippen LogP contribution in [0.4, 0.5) is 0 Å². The number of aromatic nitrogens is 2. The molecule has 0 fully saturated rings. The van der Waals surface area contributed by atoms with Gasteiger partial charge in [-0.15, -0.1) is 0 Å². The first-order valence-corrected chi connectivity index (χ1v) is 3.06. The highest BCUT2D eigenvalue weighted by Crippen LogP contribution is 1.66. The van der Waals surface area contributed by atoms with Crippen molar-refractivity contribution >= 4 is 11.5 Å². The van der Waals surface area contributed by atoms with Gasteiger partial charge in [-0.3, -0.25) is 8.99 Å². The Morgan fingerprint density at radius 3 is 1.89 bits per heavy atom. The lowest BCUT2D eigenvalue weighted by molar-refractivity contribution is 0.697. The van der Waals surface area contributed by atoms with Crippen LogP contribution in [0.3, 0.4) is 0 Å². The third-order valence-corrected chi connectivity index (χ3v) is 0.478. The van der Waals surface area contributed by atoms with E-state index in [0.717, 1.165) is 0 Å². The average molecular weight is 145 g/mol. The Balaban J connectivity index is 0.000000187. The lowest BCUT2D eigenvalue weighted by Crippen LogP contribution is -1.66. The Kier molecular flexibility index (Phi) is 6.27. The summed E-state index contributed by atoms with van der Waals surface area (Å²) in [6, 6.07) is 1.78. The summed E-state index contributed by atoms with van der Waals surface area (Å²) < 4.78 is 14.3. The lowest BCUT2D eigenvalue weighted by atomic mass is 10.7. The fraction of sp³-hybridized carbons (Fsp3) is 0. The van der Waals surface area contributed by atoms with Crippen molar-refractivity contribution in [2.24, 2.45) is 0 Å². The van der Waals surface area contributed by atoms with Gasteiger partial charge >= 0.3 is 0 Å². The smallest absolute Gasteiger partial charge is 0.115 e. The van der Waals surface area contributed by atoms with E-state index in [0.29, 0.717) is 0 Å². The third-order valence-electron chi connectivity index (χ3n) is 0.478. The zero-order valence-corrected chi connectivity index (χ0v) is 5.61. The summed E-state index contributed by atoms with van der Waals surface area (Å²) in [6.45, 7) is 0. The number of rotatable bonds is 0. The van der Waals surface area contributed by atoms with Crippen molar-refractivity contribution in [3.8, 4) is 0 Å². The molecule has 9 heavy (non-hydrogen) atoms. The van der Waals surface area contributed by atoms with Crippen LogP contribution >= 0.6 is 0 Å². The molecule has 5 heteroatoms. The molecule has 0 amide bonds. The predicted octanol–water partition coefficient (Wildman–Crippen LogP) is -0.0970. The van der Waals surface area contributed by atoms with Crippen LogP contribution in [0.2, 0.25) is 0 Å². The summed E-state index contributed by atoms with van der Waals surface area (Å²) in [4.78, 5) is 7.35. The minimum Gasteiger partial charge on any atom is -0.258 e. The van der Waals surface area contributed by atoms with Crippen LogP contribution in [-0.2, 0) is 11.5 Å². The first-order valence-electron chi connectivity index (χ1n) is 2.15. The molecule has 0 spiro atoms. The standard InChI is InChI=1S/C4H4N2.H3NOS/c1-2-5-4-6-3-1;1-3-2/h1-4H;1H,3H2. The first-order chi connectivity index (χ1) is 4.41. The molecule has 0 aromatic carbocycles. The normalized spacial score (nSPS) is 8.44. The van der Waals surface area contributed by atoms with E-state index < -0.39 is 11.5 Å². The second kappa shape index (κ2) is 7.03. The van der Waals surface area contributed by atoms with Crippen molar-refractivity contribution in [2.75, 3.05) is 0 Å². The molecule has 1 aromatic rings. The fourth-order valence-electron chi connectivity index (χ4n) is 0.253. The number of nitrogens with zero attached hydrogens (tertiary/aromatic N) is 2. The van der Waals surface area contributed by atoms with Gasteiger partial charge in [0.2, 0.25) is 0 Å². The van der Waals surface area contributed by atoms with Crippen LogP contribution in [0, 0.1) is 4.78 Å². The zero-order valence-electron chi connectivity index (χ0n) is 4.61. The van der Waals surface area contributed by atoms with Gasteiger partial charge in [-0.2, -0.15) is 0 Å². The molecule has 1 rings (SSSR count). The summed E-state index contributed by atoms with van der Waals surface area (Å²) >= 11 is -0.917. The molecule has 0 atom stereocenters. The van der Waals surface area contributed by atoms with Gasteiger partial charge in [-0.1, -0.05) is 0 Å². The van der Waals surface area contributed by atoms with Gasteiger partial charge in [0, 0.05) is 23.9 Å². The highest BCUT2D eigenvalue weighted by molar-refractivity contribution is 7.53. The molecule has 1 heterocycles. The topological polar surface area (TPSA) is 66.7 Å². The first kappa shape index (κ1) is 8.03. The molecule has 50 valence electrons. The Morgan fingerprint density at radius 2 is 1.78 bits per heavy atom. The molecule has 1 N–H and O–H groups in total. The van der Waals surface area contributed by atoms with E-state index in [2.05, 4.69) is 9.97 Å². The quantitative estimate of drug-likeness (QED) is 0.554. The summed E-state index contributed by atoms with van der Waals surface area (Å²) in [6.07, 6.45) is 4.88. The molecule has 0 bridgehead atoms. The molecule has 0 saturated heterocycles. The monoisotopic (exact) mass is 145 g/mol. The van der Waals surface area contributed by atoms with E-state index in [4.69, 9.17) is 8.99 Å². The molecule has 0 aliphatic heterocycles. The fourth-order valence-corrected chi connectivity index (χ4v) is 0.253. The van der Waals surface area contributed by atoms with Gasteiger partial charge in [0.15, 0.2) is 0 Å². The molecule has 0 saturated carbocycles. The van der Waals surface area contributed by atoms with Crippen LogP contribution in [0.15, 0.2) is 24.8 Å². The molecule has 0 radical (unpaired) electrons. The van der Waals surface area contributed by atoms with E-state index in [1.807, 2.05) is 0 Å². The second-order valence-electron chi connectivity index (χ2n) is 1.01. The minimum atomic E-state index is -0.917. The third kappa shape index (κ3) is 7.03. The maximum absolute atomic E-state index is 8.62. The highest BCUT2D eigenvalue weighted by atomic mass is 32.1. The Bertz CT molecular complexity index is 146. The van der Waals surface area contributed by atoms with Gasteiger partial charge in [-0.25, -0.2) is 9.97 Å².